The highest BCUT2D eigenvalue weighted by molar-refractivity contribution is 7.22. The van der Waals surface area contributed by atoms with E-state index in [-0.39, 0.29) is 6.54 Å². The zero-order chi connectivity index (χ0) is 22.1. The number of nitrogens with one attached hydrogen (secondary N) is 1. The third-order valence-corrected chi connectivity index (χ3v) is 6.63. The molecule has 1 aromatic carbocycles. The molecule has 1 saturated heterocycles. The molecule has 0 spiro atoms. The van der Waals surface area contributed by atoms with Gasteiger partial charge in [-0.2, -0.15) is 5.10 Å². The number of fused-ring (bicyclic) bond motifs is 1. The number of carbonyl (C=O) groups excluding carboxylic acids is 1. The van der Waals surface area contributed by atoms with Gasteiger partial charge >= 0.3 is 0 Å². The van der Waals surface area contributed by atoms with Crippen LogP contribution in [0.3, 0.4) is 0 Å². The summed E-state index contributed by atoms with van der Waals surface area (Å²) in [4.78, 5) is 32.7. The number of nitrogens with zero attached hydrogens (tertiary/aromatic N) is 4. The van der Waals surface area contributed by atoms with Crippen LogP contribution in [0.5, 0.6) is 0 Å². The van der Waals surface area contributed by atoms with Gasteiger partial charge in [-0.15, -0.1) is 0 Å². The van der Waals surface area contributed by atoms with Crippen LogP contribution in [-0.2, 0) is 11.3 Å². The molecule has 0 radical (unpaired) electrons. The SMILES string of the molecule is O=C(Cn1nc(-c2ccco2)c2sc(N3CCCCC3)nc2c1=O)Nc1cccc(Cl)c1. The van der Waals surface area contributed by atoms with Crippen molar-refractivity contribution in [3.63, 3.8) is 0 Å². The Bertz CT molecular complexity index is 1330. The molecule has 5 rings (SSSR count). The molecule has 1 aliphatic heterocycles. The maximum atomic E-state index is 13.2. The lowest BCUT2D eigenvalue weighted by Gasteiger charge is -2.25. The summed E-state index contributed by atoms with van der Waals surface area (Å²) >= 11 is 7.42. The van der Waals surface area contributed by atoms with Crippen molar-refractivity contribution in [3.05, 3.63) is 58.0 Å². The zero-order valence-electron chi connectivity index (χ0n) is 17.1. The molecule has 4 aromatic rings. The molecule has 1 amide bonds. The Morgan fingerprint density at radius 3 is 2.78 bits per heavy atom. The first-order valence-corrected chi connectivity index (χ1v) is 11.5. The van der Waals surface area contributed by atoms with E-state index in [1.807, 2.05) is 0 Å². The predicted octanol–water partition coefficient (Wildman–Crippen LogP) is 4.40. The van der Waals surface area contributed by atoms with Crippen LogP contribution in [0.4, 0.5) is 10.8 Å². The lowest BCUT2D eigenvalue weighted by atomic mass is 10.1. The van der Waals surface area contributed by atoms with E-state index in [4.69, 9.17) is 16.0 Å². The molecule has 1 aliphatic rings. The number of aromatic nitrogens is 3. The van der Waals surface area contributed by atoms with Crippen molar-refractivity contribution in [2.75, 3.05) is 23.3 Å². The number of carbonyl (C=O) groups is 1. The summed E-state index contributed by atoms with van der Waals surface area (Å²) in [6.45, 7) is 1.57. The molecule has 164 valence electrons. The Kier molecular flexibility index (Phi) is 5.67. The van der Waals surface area contributed by atoms with E-state index in [2.05, 4.69) is 20.3 Å². The Hall–Kier alpha value is -3.17. The number of furan rings is 1. The quantitative estimate of drug-likeness (QED) is 0.465. The minimum Gasteiger partial charge on any atom is -0.463 e. The molecule has 0 unspecified atom stereocenters. The number of amides is 1. The Balaban J connectivity index is 1.53. The smallest absolute Gasteiger partial charge is 0.294 e. The van der Waals surface area contributed by atoms with Crippen LogP contribution in [0, 0.1) is 0 Å². The van der Waals surface area contributed by atoms with Gasteiger partial charge in [0.05, 0.1) is 11.0 Å². The van der Waals surface area contributed by atoms with Gasteiger partial charge in [-0.05, 0) is 49.6 Å². The Morgan fingerprint density at radius 1 is 1.19 bits per heavy atom. The summed E-state index contributed by atoms with van der Waals surface area (Å²) in [7, 11) is 0. The molecular weight excluding hydrogens is 450 g/mol. The summed E-state index contributed by atoms with van der Waals surface area (Å²) in [5, 5.41) is 8.53. The van der Waals surface area contributed by atoms with E-state index < -0.39 is 11.5 Å². The van der Waals surface area contributed by atoms with Crippen LogP contribution in [0.15, 0.2) is 51.9 Å². The summed E-state index contributed by atoms with van der Waals surface area (Å²) in [6, 6.07) is 10.4. The molecule has 0 atom stereocenters. The third-order valence-electron chi connectivity index (χ3n) is 5.27. The highest BCUT2D eigenvalue weighted by Crippen LogP contribution is 2.34. The van der Waals surface area contributed by atoms with Crippen LogP contribution >= 0.6 is 22.9 Å². The normalized spacial score (nSPS) is 14.1. The van der Waals surface area contributed by atoms with Crippen molar-refractivity contribution in [1.82, 2.24) is 14.8 Å². The van der Waals surface area contributed by atoms with E-state index in [1.165, 1.54) is 17.8 Å². The minimum atomic E-state index is -0.406. The number of thiazole rings is 1. The molecule has 0 saturated carbocycles. The molecule has 4 heterocycles. The lowest BCUT2D eigenvalue weighted by molar-refractivity contribution is -0.117. The summed E-state index contributed by atoms with van der Waals surface area (Å²) in [5.41, 5.74) is 0.938. The van der Waals surface area contributed by atoms with Crippen molar-refractivity contribution in [2.45, 2.75) is 25.8 Å². The van der Waals surface area contributed by atoms with Crippen molar-refractivity contribution < 1.29 is 9.21 Å². The number of halogens is 1. The number of anilines is 2. The maximum Gasteiger partial charge on any atom is 0.294 e. The van der Waals surface area contributed by atoms with Crippen molar-refractivity contribution >= 4 is 49.9 Å². The number of hydrogen-bond donors (Lipinski definition) is 1. The average molecular weight is 470 g/mol. The fourth-order valence-electron chi connectivity index (χ4n) is 3.75. The first-order valence-electron chi connectivity index (χ1n) is 10.3. The molecule has 3 aromatic heterocycles. The first-order chi connectivity index (χ1) is 15.6. The second kappa shape index (κ2) is 8.76. The van der Waals surface area contributed by atoms with Gasteiger partial charge in [0, 0.05) is 23.8 Å². The Morgan fingerprint density at radius 2 is 2.03 bits per heavy atom. The molecule has 10 heteroatoms. The maximum absolute atomic E-state index is 13.2. The van der Waals surface area contributed by atoms with E-state index >= 15 is 0 Å². The van der Waals surface area contributed by atoms with Gasteiger partial charge in [0.1, 0.15) is 12.2 Å². The molecule has 1 fully saturated rings. The van der Waals surface area contributed by atoms with Crippen LogP contribution in [0.25, 0.3) is 21.7 Å². The van der Waals surface area contributed by atoms with E-state index in [9.17, 15) is 9.59 Å². The zero-order valence-corrected chi connectivity index (χ0v) is 18.7. The number of hydrogen-bond acceptors (Lipinski definition) is 7. The van der Waals surface area contributed by atoms with E-state index in [1.54, 1.807) is 42.7 Å². The largest absolute Gasteiger partial charge is 0.463 e. The average Bonchev–Trinajstić information content (AvgIpc) is 3.47. The fraction of sp³-hybridized carbons (Fsp3) is 0.273. The van der Waals surface area contributed by atoms with Gasteiger partial charge in [-0.25, -0.2) is 9.67 Å². The van der Waals surface area contributed by atoms with Gasteiger partial charge in [0.25, 0.3) is 5.56 Å². The molecular formula is C22H20ClN5O3S. The third kappa shape index (κ3) is 4.13. The molecule has 0 bridgehead atoms. The molecule has 0 aliphatic carbocycles. The van der Waals surface area contributed by atoms with Gasteiger partial charge in [0.15, 0.2) is 16.4 Å². The standard InChI is InChI=1S/C22H20ClN5O3S/c23-14-6-4-7-15(12-14)24-17(29)13-28-21(30)19-20(18(26-28)16-8-5-11-31-16)32-22(25-19)27-9-2-1-3-10-27/h4-8,11-12H,1-3,9-10,13H2,(H,24,29). The van der Waals surface area contributed by atoms with Gasteiger partial charge in [0.2, 0.25) is 5.91 Å². The van der Waals surface area contributed by atoms with Crippen molar-refractivity contribution in [2.24, 2.45) is 0 Å². The van der Waals surface area contributed by atoms with Crippen LogP contribution in [0.2, 0.25) is 5.02 Å². The summed E-state index contributed by atoms with van der Waals surface area (Å²) in [5.74, 6) is 0.130. The monoisotopic (exact) mass is 469 g/mol. The number of rotatable bonds is 5. The van der Waals surface area contributed by atoms with Crippen molar-refractivity contribution in [1.29, 1.82) is 0 Å². The summed E-state index contributed by atoms with van der Waals surface area (Å²) < 4.78 is 7.37. The fourth-order valence-corrected chi connectivity index (χ4v) is 5.04. The van der Waals surface area contributed by atoms with Gasteiger partial charge in [-0.3, -0.25) is 9.59 Å². The highest BCUT2D eigenvalue weighted by Gasteiger charge is 2.23. The van der Waals surface area contributed by atoms with E-state index in [0.29, 0.717) is 32.4 Å². The Labute approximate surface area is 192 Å². The van der Waals surface area contributed by atoms with Crippen LogP contribution < -0.4 is 15.8 Å². The molecule has 8 nitrogen and oxygen atoms in total. The molecule has 1 N–H and O–H groups in total. The van der Waals surface area contributed by atoms with Crippen LogP contribution in [0.1, 0.15) is 19.3 Å². The lowest BCUT2D eigenvalue weighted by Crippen LogP contribution is -2.30. The molecule has 32 heavy (non-hydrogen) atoms. The van der Waals surface area contributed by atoms with Crippen molar-refractivity contribution in [3.8, 4) is 11.5 Å². The van der Waals surface area contributed by atoms with Gasteiger partial charge in [-0.1, -0.05) is 29.0 Å². The van der Waals surface area contributed by atoms with E-state index in [0.717, 1.165) is 35.7 Å². The number of piperidine rings is 1. The minimum absolute atomic E-state index is 0.258. The van der Waals surface area contributed by atoms with Gasteiger partial charge < -0.3 is 14.6 Å². The predicted molar refractivity (Wildman–Crippen MR) is 126 cm³/mol. The number of benzene rings is 1. The summed E-state index contributed by atoms with van der Waals surface area (Å²) in [6.07, 6.45) is 4.96. The first kappa shape index (κ1) is 20.7. The second-order valence-electron chi connectivity index (χ2n) is 7.57. The highest BCUT2D eigenvalue weighted by atomic mass is 35.5. The second-order valence-corrected chi connectivity index (χ2v) is 8.98. The topological polar surface area (TPSA) is 93.3 Å². The van der Waals surface area contributed by atoms with Crippen LogP contribution in [-0.4, -0.2) is 33.8 Å².